The average molecular weight is 255 g/mol. The number of nitrogens with zero attached hydrogens (tertiary/aromatic N) is 2. The number of rotatable bonds is 6. The van der Waals surface area contributed by atoms with E-state index in [2.05, 4.69) is 15.2 Å². The molecule has 1 aromatic heterocycles. The van der Waals surface area contributed by atoms with Gasteiger partial charge in [-0.15, -0.1) is 0 Å². The van der Waals surface area contributed by atoms with Crippen molar-refractivity contribution in [3.8, 4) is 0 Å². The topological polar surface area (TPSA) is 70.8 Å². The van der Waals surface area contributed by atoms with E-state index in [0.717, 1.165) is 32.1 Å². The molecule has 18 heavy (non-hydrogen) atoms. The van der Waals surface area contributed by atoms with E-state index in [4.69, 9.17) is 9.15 Å². The summed E-state index contributed by atoms with van der Waals surface area (Å²) in [7, 11) is 0. The van der Waals surface area contributed by atoms with Crippen LogP contribution in [0, 0.1) is 6.92 Å². The van der Waals surface area contributed by atoms with Crippen LogP contribution < -0.4 is 5.32 Å². The van der Waals surface area contributed by atoms with Gasteiger partial charge >= 0.3 is 0 Å². The van der Waals surface area contributed by atoms with Gasteiger partial charge in [0.25, 0.3) is 0 Å². The van der Waals surface area contributed by atoms with Gasteiger partial charge < -0.3 is 19.6 Å². The quantitative estimate of drug-likeness (QED) is 0.731. The molecule has 0 aromatic carbocycles. The summed E-state index contributed by atoms with van der Waals surface area (Å²) in [5, 5.41) is 13.0. The number of nitrogens with one attached hydrogen (secondary N) is 1. The maximum absolute atomic E-state index is 9.89. The Morgan fingerprint density at radius 1 is 1.50 bits per heavy atom. The van der Waals surface area contributed by atoms with E-state index in [1.54, 1.807) is 6.20 Å². The first-order chi connectivity index (χ1) is 8.74. The minimum absolute atomic E-state index is 0.376. The fourth-order valence-electron chi connectivity index (χ4n) is 1.98. The highest BCUT2D eigenvalue weighted by atomic mass is 16.5. The van der Waals surface area contributed by atoms with E-state index < -0.39 is 0 Å². The zero-order valence-corrected chi connectivity index (χ0v) is 10.8. The van der Waals surface area contributed by atoms with Gasteiger partial charge in [0.1, 0.15) is 5.76 Å². The van der Waals surface area contributed by atoms with Crippen LogP contribution >= 0.6 is 0 Å². The van der Waals surface area contributed by atoms with Crippen molar-refractivity contribution in [2.24, 2.45) is 0 Å². The van der Waals surface area contributed by atoms with Crippen molar-refractivity contribution in [3.05, 3.63) is 17.8 Å². The summed E-state index contributed by atoms with van der Waals surface area (Å²) in [6.07, 6.45) is 1.32. The van der Waals surface area contributed by atoms with Crippen LogP contribution in [0.4, 0.5) is 0 Å². The van der Waals surface area contributed by atoms with Crippen molar-refractivity contribution < 1.29 is 14.3 Å². The van der Waals surface area contributed by atoms with Gasteiger partial charge in [0.05, 0.1) is 32.1 Å². The van der Waals surface area contributed by atoms with Crippen LogP contribution in [0.1, 0.15) is 11.7 Å². The molecule has 1 aliphatic rings. The van der Waals surface area contributed by atoms with E-state index in [9.17, 15) is 5.11 Å². The predicted molar refractivity (Wildman–Crippen MR) is 66.2 cm³/mol. The summed E-state index contributed by atoms with van der Waals surface area (Å²) in [6.45, 7) is 6.95. The number of aliphatic hydroxyl groups is 1. The fraction of sp³-hybridized carbons (Fsp3) is 0.750. The van der Waals surface area contributed by atoms with Crippen LogP contribution in [0.2, 0.25) is 0 Å². The molecule has 0 radical (unpaired) electrons. The number of oxazole rings is 1. The number of ether oxygens (including phenoxy) is 1. The van der Waals surface area contributed by atoms with Gasteiger partial charge in [0.15, 0.2) is 0 Å². The molecule has 2 heterocycles. The second-order valence-corrected chi connectivity index (χ2v) is 4.56. The third-order valence-corrected chi connectivity index (χ3v) is 2.90. The Hall–Kier alpha value is -0.950. The minimum atomic E-state index is -0.376. The number of aryl methyl sites for hydroxylation is 1. The summed E-state index contributed by atoms with van der Waals surface area (Å²) >= 11 is 0. The Labute approximate surface area is 107 Å². The highest BCUT2D eigenvalue weighted by Gasteiger charge is 2.14. The van der Waals surface area contributed by atoms with Crippen molar-refractivity contribution in [1.82, 2.24) is 15.2 Å². The van der Waals surface area contributed by atoms with Gasteiger partial charge in [0, 0.05) is 26.2 Å². The molecule has 102 valence electrons. The van der Waals surface area contributed by atoms with Crippen molar-refractivity contribution in [1.29, 1.82) is 0 Å². The molecule has 6 heteroatoms. The van der Waals surface area contributed by atoms with Gasteiger partial charge in [-0.3, -0.25) is 4.90 Å². The van der Waals surface area contributed by atoms with Gasteiger partial charge in [-0.25, -0.2) is 4.98 Å². The van der Waals surface area contributed by atoms with Crippen molar-refractivity contribution in [3.63, 3.8) is 0 Å². The van der Waals surface area contributed by atoms with E-state index in [1.807, 2.05) is 6.92 Å². The fourth-order valence-corrected chi connectivity index (χ4v) is 1.98. The minimum Gasteiger partial charge on any atom is -0.445 e. The number of aromatic nitrogens is 1. The molecule has 1 saturated heterocycles. The maximum Gasteiger partial charge on any atom is 0.208 e. The number of morpholine rings is 1. The van der Waals surface area contributed by atoms with Crippen LogP contribution in [0.25, 0.3) is 0 Å². The van der Waals surface area contributed by atoms with E-state index in [0.29, 0.717) is 25.5 Å². The lowest BCUT2D eigenvalue weighted by molar-refractivity contribution is 0.0148. The van der Waals surface area contributed by atoms with Gasteiger partial charge in [-0.05, 0) is 6.92 Å². The molecule has 6 nitrogen and oxygen atoms in total. The zero-order valence-electron chi connectivity index (χ0n) is 10.8. The lowest BCUT2D eigenvalue weighted by Gasteiger charge is -2.28. The molecule has 0 amide bonds. The molecular weight excluding hydrogens is 234 g/mol. The predicted octanol–water partition coefficient (Wildman–Crippen LogP) is -0.234. The van der Waals surface area contributed by atoms with Gasteiger partial charge in [-0.2, -0.15) is 0 Å². The number of β-amino-alcohol motifs (C(OH)–C–C–N with tert-alkyl or cyclic N) is 1. The number of hydrogen-bond acceptors (Lipinski definition) is 6. The molecule has 0 aliphatic carbocycles. The molecule has 1 unspecified atom stereocenters. The summed E-state index contributed by atoms with van der Waals surface area (Å²) in [4.78, 5) is 6.30. The van der Waals surface area contributed by atoms with Crippen molar-refractivity contribution in [2.75, 3.05) is 39.4 Å². The standard InChI is InChI=1S/C12H21N3O3/c1-10-6-14-12(18-10)8-13-7-11(16)9-15-2-4-17-5-3-15/h6,11,13,16H,2-5,7-9H2,1H3. The Morgan fingerprint density at radius 2 is 2.28 bits per heavy atom. The summed E-state index contributed by atoms with van der Waals surface area (Å²) < 4.78 is 10.6. The second kappa shape index (κ2) is 6.84. The molecule has 1 atom stereocenters. The molecule has 2 N–H and O–H groups in total. The first-order valence-electron chi connectivity index (χ1n) is 6.34. The summed E-state index contributed by atoms with van der Waals surface area (Å²) in [5.74, 6) is 1.46. The van der Waals surface area contributed by atoms with Crippen LogP contribution in [0.5, 0.6) is 0 Å². The van der Waals surface area contributed by atoms with Crippen LogP contribution in [0.15, 0.2) is 10.6 Å². The van der Waals surface area contributed by atoms with Crippen LogP contribution in [0.3, 0.4) is 0 Å². The van der Waals surface area contributed by atoms with Gasteiger partial charge in [-0.1, -0.05) is 0 Å². The summed E-state index contributed by atoms with van der Waals surface area (Å²) in [6, 6.07) is 0. The van der Waals surface area contributed by atoms with E-state index in [-0.39, 0.29) is 6.10 Å². The molecular formula is C12H21N3O3. The third-order valence-electron chi connectivity index (χ3n) is 2.90. The molecule has 1 aliphatic heterocycles. The Morgan fingerprint density at radius 3 is 2.94 bits per heavy atom. The van der Waals surface area contributed by atoms with Crippen molar-refractivity contribution >= 4 is 0 Å². The Balaban J connectivity index is 1.60. The average Bonchev–Trinajstić information content (AvgIpc) is 2.76. The summed E-state index contributed by atoms with van der Waals surface area (Å²) in [5.41, 5.74) is 0. The number of aliphatic hydroxyl groups excluding tert-OH is 1. The van der Waals surface area contributed by atoms with Crippen molar-refractivity contribution in [2.45, 2.75) is 19.6 Å². The number of hydrogen-bond donors (Lipinski definition) is 2. The monoisotopic (exact) mass is 255 g/mol. The highest BCUT2D eigenvalue weighted by molar-refractivity contribution is 4.90. The van der Waals surface area contributed by atoms with E-state index in [1.165, 1.54) is 0 Å². The molecule has 1 fully saturated rings. The lowest BCUT2D eigenvalue weighted by atomic mass is 10.3. The molecule has 1 aromatic rings. The Kier molecular flexibility index (Phi) is 5.12. The van der Waals surface area contributed by atoms with E-state index >= 15 is 0 Å². The van der Waals surface area contributed by atoms with Crippen LogP contribution in [-0.4, -0.2) is 60.5 Å². The molecule has 0 bridgehead atoms. The van der Waals surface area contributed by atoms with Crippen LogP contribution in [-0.2, 0) is 11.3 Å². The smallest absolute Gasteiger partial charge is 0.208 e. The first-order valence-corrected chi connectivity index (χ1v) is 6.34. The second-order valence-electron chi connectivity index (χ2n) is 4.56. The van der Waals surface area contributed by atoms with Gasteiger partial charge in [0.2, 0.25) is 5.89 Å². The third kappa shape index (κ3) is 4.38. The maximum atomic E-state index is 9.89. The highest BCUT2D eigenvalue weighted by Crippen LogP contribution is 2.01. The molecule has 0 spiro atoms. The first kappa shape index (κ1) is 13.5. The molecule has 0 saturated carbocycles. The SMILES string of the molecule is Cc1cnc(CNCC(O)CN2CCOCC2)o1. The lowest BCUT2D eigenvalue weighted by Crippen LogP contribution is -2.43. The molecule has 2 rings (SSSR count). The normalized spacial score (nSPS) is 19.0. The zero-order chi connectivity index (χ0) is 12.8. The largest absolute Gasteiger partial charge is 0.445 e. The Bertz CT molecular complexity index is 350.